The van der Waals surface area contributed by atoms with E-state index in [0.29, 0.717) is 30.4 Å². The van der Waals surface area contributed by atoms with E-state index in [1.165, 1.54) is 23.3 Å². The minimum absolute atomic E-state index is 0.0239. The average molecular weight is 484 g/mol. The zero-order valence-corrected chi connectivity index (χ0v) is 19.7. The van der Waals surface area contributed by atoms with Gasteiger partial charge in [-0.1, -0.05) is 41.6 Å². The Labute approximate surface area is 208 Å². The van der Waals surface area contributed by atoms with Crippen molar-refractivity contribution in [3.63, 3.8) is 0 Å². The molecule has 1 N–H and O–H groups in total. The maximum absolute atomic E-state index is 13.6. The van der Waals surface area contributed by atoms with Gasteiger partial charge in [-0.3, -0.25) is 4.79 Å². The van der Waals surface area contributed by atoms with Crippen molar-refractivity contribution in [3.05, 3.63) is 83.8 Å². The molecule has 3 heterocycles. The second kappa shape index (κ2) is 9.53. The van der Waals surface area contributed by atoms with Gasteiger partial charge in [-0.25, -0.2) is 9.37 Å². The number of anilines is 1. The first-order valence-corrected chi connectivity index (χ1v) is 12.3. The number of rotatable bonds is 5. The molecule has 0 spiro atoms. The van der Waals surface area contributed by atoms with E-state index >= 15 is 0 Å². The van der Waals surface area contributed by atoms with Crippen LogP contribution in [0.4, 0.5) is 10.2 Å². The van der Waals surface area contributed by atoms with Crippen LogP contribution in [0.5, 0.6) is 0 Å². The predicted molar refractivity (Wildman–Crippen MR) is 134 cm³/mol. The first-order valence-electron chi connectivity index (χ1n) is 12.3. The van der Waals surface area contributed by atoms with Gasteiger partial charge in [-0.15, -0.1) is 0 Å². The first kappa shape index (κ1) is 22.4. The molecule has 182 valence electrons. The number of hydrogen-bond donors (Lipinski definition) is 1. The molecule has 8 heteroatoms. The van der Waals surface area contributed by atoms with Crippen LogP contribution in [-0.2, 0) is 11.2 Å². The summed E-state index contributed by atoms with van der Waals surface area (Å²) in [5, 5.41) is 7.32. The molecule has 1 atom stereocenters. The Hall–Kier alpha value is -4.07. The van der Waals surface area contributed by atoms with E-state index in [2.05, 4.69) is 43.5 Å². The van der Waals surface area contributed by atoms with Crippen molar-refractivity contribution in [1.82, 2.24) is 20.4 Å². The molecule has 1 saturated heterocycles. The fourth-order valence-electron chi connectivity index (χ4n) is 5.24. The number of carbonyl (C=O) groups is 1. The maximum atomic E-state index is 13.6. The Bertz CT molecular complexity index is 1400. The van der Waals surface area contributed by atoms with Crippen molar-refractivity contribution in [2.24, 2.45) is 5.92 Å². The minimum Gasteiger partial charge on any atom is -0.356 e. The lowest BCUT2D eigenvalue weighted by atomic mass is 9.95. The van der Waals surface area contributed by atoms with Gasteiger partial charge in [-0.05, 0) is 61.1 Å². The summed E-state index contributed by atoms with van der Waals surface area (Å²) in [6.07, 6.45) is 5.20. The monoisotopic (exact) mass is 483 g/mol. The van der Waals surface area contributed by atoms with Crippen LogP contribution in [0, 0.1) is 11.7 Å². The third kappa shape index (κ3) is 4.34. The molecule has 1 aliphatic carbocycles. The van der Waals surface area contributed by atoms with Gasteiger partial charge in [-0.2, -0.15) is 4.98 Å². The third-order valence-electron chi connectivity index (χ3n) is 7.14. The Morgan fingerprint density at radius 3 is 2.75 bits per heavy atom. The summed E-state index contributed by atoms with van der Waals surface area (Å²) in [7, 11) is 0. The maximum Gasteiger partial charge on any atom is 0.261 e. The van der Waals surface area contributed by atoms with E-state index < -0.39 is 0 Å². The standard InChI is InChI=1S/C28H26FN5O2/c29-21-7-3-6-20(17-21)25-32-28(36-33-25)23-9-4-14-30-26(23)34-15-12-19(13-16-34)27(35)31-24-11-10-18-5-1-2-8-22(18)24/h1-9,14,17,19,24H,10-13,15-16H2,(H,31,35). The van der Waals surface area contributed by atoms with Crippen molar-refractivity contribution in [2.75, 3.05) is 18.0 Å². The molecule has 7 nitrogen and oxygen atoms in total. The van der Waals surface area contributed by atoms with Crippen LogP contribution < -0.4 is 10.2 Å². The molecule has 0 bridgehead atoms. The number of piperidine rings is 1. The van der Waals surface area contributed by atoms with E-state index in [9.17, 15) is 9.18 Å². The van der Waals surface area contributed by atoms with Gasteiger partial charge in [0.05, 0.1) is 11.6 Å². The van der Waals surface area contributed by atoms with Crippen LogP contribution in [0.15, 0.2) is 71.4 Å². The fourth-order valence-corrected chi connectivity index (χ4v) is 5.24. The molecule has 1 amide bonds. The largest absolute Gasteiger partial charge is 0.356 e. The highest BCUT2D eigenvalue weighted by molar-refractivity contribution is 5.80. The van der Waals surface area contributed by atoms with Crippen molar-refractivity contribution >= 4 is 11.7 Å². The summed E-state index contributed by atoms with van der Waals surface area (Å²) in [6.45, 7) is 1.41. The van der Waals surface area contributed by atoms with Gasteiger partial charge >= 0.3 is 0 Å². The number of aromatic nitrogens is 3. The quantitative estimate of drug-likeness (QED) is 0.432. The van der Waals surface area contributed by atoms with Crippen LogP contribution in [0.2, 0.25) is 0 Å². The van der Waals surface area contributed by atoms with E-state index in [4.69, 9.17) is 4.52 Å². The van der Waals surface area contributed by atoms with E-state index in [1.54, 1.807) is 18.3 Å². The molecular weight excluding hydrogens is 457 g/mol. The molecule has 0 radical (unpaired) electrons. The zero-order valence-electron chi connectivity index (χ0n) is 19.7. The summed E-state index contributed by atoms with van der Waals surface area (Å²) in [5.74, 6) is 1.15. The van der Waals surface area contributed by atoms with E-state index in [-0.39, 0.29) is 23.7 Å². The summed E-state index contributed by atoms with van der Waals surface area (Å²) >= 11 is 0. The minimum atomic E-state index is -0.357. The Kier molecular flexibility index (Phi) is 5.93. The smallest absolute Gasteiger partial charge is 0.261 e. The molecule has 2 aromatic carbocycles. The molecule has 1 fully saturated rings. The number of hydrogen-bond acceptors (Lipinski definition) is 6. The van der Waals surface area contributed by atoms with E-state index in [1.807, 2.05) is 18.2 Å². The molecular formula is C28H26FN5O2. The number of aryl methyl sites for hydroxylation is 1. The van der Waals surface area contributed by atoms with Crippen molar-refractivity contribution in [1.29, 1.82) is 0 Å². The summed E-state index contributed by atoms with van der Waals surface area (Å²) < 4.78 is 19.2. The lowest BCUT2D eigenvalue weighted by Gasteiger charge is -2.33. The summed E-state index contributed by atoms with van der Waals surface area (Å²) in [5.41, 5.74) is 3.85. The van der Waals surface area contributed by atoms with Crippen molar-refractivity contribution in [2.45, 2.75) is 31.7 Å². The SMILES string of the molecule is O=C(NC1CCc2ccccc21)C1CCN(c2ncccc2-c2nc(-c3cccc(F)c3)no2)CC1. The van der Waals surface area contributed by atoms with Crippen LogP contribution in [0.3, 0.4) is 0 Å². The topological polar surface area (TPSA) is 84.2 Å². The Morgan fingerprint density at radius 1 is 1.03 bits per heavy atom. The highest BCUT2D eigenvalue weighted by Gasteiger charge is 2.31. The van der Waals surface area contributed by atoms with Gasteiger partial charge in [0.25, 0.3) is 5.89 Å². The lowest BCUT2D eigenvalue weighted by Crippen LogP contribution is -2.41. The van der Waals surface area contributed by atoms with Crippen LogP contribution in [0.1, 0.15) is 36.4 Å². The summed E-state index contributed by atoms with van der Waals surface area (Å²) in [6, 6.07) is 18.3. The number of halogens is 1. The van der Waals surface area contributed by atoms with Gasteiger partial charge in [0.15, 0.2) is 0 Å². The van der Waals surface area contributed by atoms with Crippen molar-refractivity contribution in [3.8, 4) is 22.8 Å². The van der Waals surface area contributed by atoms with Crippen LogP contribution >= 0.6 is 0 Å². The molecule has 1 aliphatic heterocycles. The second-order valence-electron chi connectivity index (χ2n) is 9.37. The first-order chi connectivity index (χ1) is 17.7. The second-order valence-corrected chi connectivity index (χ2v) is 9.37. The number of pyridine rings is 1. The van der Waals surface area contributed by atoms with Crippen molar-refractivity contribution < 1.29 is 13.7 Å². The molecule has 2 aromatic heterocycles. The number of carbonyl (C=O) groups excluding carboxylic acids is 1. The highest BCUT2D eigenvalue weighted by Crippen LogP contribution is 2.34. The molecule has 6 rings (SSSR count). The summed E-state index contributed by atoms with van der Waals surface area (Å²) in [4.78, 5) is 24.3. The number of nitrogens with one attached hydrogen (secondary N) is 1. The van der Waals surface area contributed by atoms with Crippen LogP contribution in [-0.4, -0.2) is 34.1 Å². The predicted octanol–water partition coefficient (Wildman–Crippen LogP) is 4.96. The molecule has 36 heavy (non-hydrogen) atoms. The van der Waals surface area contributed by atoms with E-state index in [0.717, 1.165) is 37.1 Å². The number of amides is 1. The Morgan fingerprint density at radius 2 is 1.89 bits per heavy atom. The average Bonchev–Trinajstić information content (AvgIpc) is 3.57. The fraction of sp³-hybridized carbons (Fsp3) is 0.286. The number of nitrogens with zero attached hydrogens (tertiary/aromatic N) is 4. The number of fused-ring (bicyclic) bond motifs is 1. The van der Waals surface area contributed by atoms with Gasteiger partial charge < -0.3 is 14.7 Å². The third-order valence-corrected chi connectivity index (χ3v) is 7.14. The molecule has 0 saturated carbocycles. The lowest BCUT2D eigenvalue weighted by molar-refractivity contribution is -0.126. The van der Waals surface area contributed by atoms with Gasteiger partial charge in [0.2, 0.25) is 11.7 Å². The Balaban J connectivity index is 1.13. The molecule has 1 unspecified atom stereocenters. The van der Waals surface area contributed by atoms with Gasteiger partial charge in [0.1, 0.15) is 11.6 Å². The number of benzene rings is 2. The van der Waals surface area contributed by atoms with Gasteiger partial charge in [0, 0.05) is 30.8 Å². The zero-order chi connectivity index (χ0) is 24.5. The molecule has 2 aliphatic rings. The molecule has 4 aromatic rings. The normalized spacial score (nSPS) is 17.7. The van der Waals surface area contributed by atoms with Crippen LogP contribution in [0.25, 0.3) is 22.8 Å². The highest BCUT2D eigenvalue weighted by atomic mass is 19.1.